The smallest absolute Gasteiger partial charge is 0.213 e. The van der Waals surface area contributed by atoms with Crippen LogP contribution in [0.25, 0.3) is 22.0 Å². The van der Waals surface area contributed by atoms with E-state index in [2.05, 4.69) is 29.0 Å². The van der Waals surface area contributed by atoms with Gasteiger partial charge in [0.1, 0.15) is 6.54 Å². The van der Waals surface area contributed by atoms with Crippen LogP contribution in [0.15, 0.2) is 36.5 Å². The Bertz CT molecular complexity index is 1230. The van der Waals surface area contributed by atoms with E-state index in [1.54, 1.807) is 28.4 Å². The molecule has 0 atom stereocenters. The maximum atomic E-state index is 9.08. The Balaban J connectivity index is 0.000000523. The molecule has 0 fully saturated rings. The quantitative estimate of drug-likeness (QED) is 0.435. The topological polar surface area (TPSA) is 98.0 Å². The highest BCUT2D eigenvalue weighted by Crippen LogP contribution is 2.38. The molecule has 4 rings (SSSR count). The molecule has 0 amide bonds. The van der Waals surface area contributed by atoms with E-state index in [1.807, 2.05) is 12.1 Å². The molecule has 1 aliphatic rings. The van der Waals surface area contributed by atoms with Gasteiger partial charge < -0.3 is 23.5 Å². The van der Waals surface area contributed by atoms with Gasteiger partial charge in [0.25, 0.3) is 0 Å². The Labute approximate surface area is 188 Å². The molecule has 3 aromatic rings. The van der Waals surface area contributed by atoms with Crippen LogP contribution in [-0.4, -0.2) is 47.7 Å². The van der Waals surface area contributed by atoms with Crippen LogP contribution in [0.1, 0.15) is 12.0 Å². The third kappa shape index (κ3) is 5.23. The molecule has 0 spiro atoms. The van der Waals surface area contributed by atoms with Gasteiger partial charge in [0.15, 0.2) is 29.2 Å². The monoisotopic (exact) mass is 461 g/mol. The van der Waals surface area contributed by atoms with Crippen molar-refractivity contribution in [3.63, 3.8) is 0 Å². The first-order valence-corrected chi connectivity index (χ1v) is 11.8. The van der Waals surface area contributed by atoms with E-state index < -0.39 is 10.1 Å². The van der Waals surface area contributed by atoms with E-state index >= 15 is 0 Å². The van der Waals surface area contributed by atoms with Crippen molar-refractivity contribution in [2.45, 2.75) is 19.4 Å². The molecule has 8 nitrogen and oxygen atoms in total. The minimum absolute atomic E-state index is 0.604. The summed E-state index contributed by atoms with van der Waals surface area (Å²) < 4.78 is 51.5. The molecule has 172 valence electrons. The Morgan fingerprint density at radius 2 is 1.31 bits per heavy atom. The molecule has 0 bridgehead atoms. The Hall–Kier alpha value is -3.04. The summed E-state index contributed by atoms with van der Waals surface area (Å²) >= 11 is 0. The molecule has 0 aliphatic carbocycles. The number of ether oxygens (including phenoxy) is 4. The highest BCUT2D eigenvalue weighted by atomic mass is 32.2. The fourth-order valence-corrected chi connectivity index (χ4v) is 3.84. The average Bonchev–Trinajstić information content (AvgIpc) is 2.92. The van der Waals surface area contributed by atoms with Crippen LogP contribution in [0.5, 0.6) is 23.0 Å². The molecular weight excluding hydrogens is 434 g/mol. The van der Waals surface area contributed by atoms with Gasteiger partial charge in [-0.05, 0) is 41.6 Å². The van der Waals surface area contributed by atoms with Crippen LogP contribution in [0.2, 0.25) is 0 Å². The average molecular weight is 462 g/mol. The molecule has 2 heterocycles. The highest BCUT2D eigenvalue weighted by Gasteiger charge is 2.24. The maximum Gasteiger partial charge on any atom is 0.213 e. The van der Waals surface area contributed by atoms with Crippen molar-refractivity contribution in [1.82, 2.24) is 0 Å². The zero-order valence-electron chi connectivity index (χ0n) is 18.8. The molecule has 9 heteroatoms. The summed E-state index contributed by atoms with van der Waals surface area (Å²) in [7, 11) is 2.76. The lowest BCUT2D eigenvalue weighted by Gasteiger charge is -2.13. The zero-order valence-corrected chi connectivity index (χ0v) is 19.6. The summed E-state index contributed by atoms with van der Waals surface area (Å²) in [4.78, 5) is 0. The van der Waals surface area contributed by atoms with Crippen molar-refractivity contribution in [1.29, 1.82) is 0 Å². The number of aromatic nitrogens is 1. The number of rotatable bonds is 4. The molecular formula is C23H27NO7S. The van der Waals surface area contributed by atoms with Crippen LogP contribution in [0.4, 0.5) is 0 Å². The summed E-state index contributed by atoms with van der Waals surface area (Å²) in [6, 6.07) is 10.5. The van der Waals surface area contributed by atoms with Crippen molar-refractivity contribution < 1.29 is 36.5 Å². The van der Waals surface area contributed by atoms with Crippen LogP contribution in [0, 0.1) is 0 Å². The molecule has 1 aromatic heterocycles. The van der Waals surface area contributed by atoms with E-state index in [-0.39, 0.29) is 0 Å². The van der Waals surface area contributed by atoms with E-state index in [4.69, 9.17) is 31.9 Å². The predicted octanol–water partition coefficient (Wildman–Crippen LogP) is 2.94. The van der Waals surface area contributed by atoms with E-state index in [0.29, 0.717) is 6.26 Å². The number of fused-ring (bicyclic) bond motifs is 4. The van der Waals surface area contributed by atoms with Crippen molar-refractivity contribution in [2.24, 2.45) is 0 Å². The van der Waals surface area contributed by atoms with E-state index in [9.17, 15) is 0 Å². The van der Waals surface area contributed by atoms with Crippen LogP contribution in [-0.2, 0) is 23.1 Å². The number of nitrogens with zero attached hydrogens (tertiary/aromatic N) is 1. The van der Waals surface area contributed by atoms with E-state index in [0.717, 1.165) is 53.2 Å². The second-order valence-corrected chi connectivity index (χ2v) is 8.77. The first kappa shape index (κ1) is 23.6. The van der Waals surface area contributed by atoms with Crippen molar-refractivity contribution in [2.75, 3.05) is 34.7 Å². The summed E-state index contributed by atoms with van der Waals surface area (Å²) in [6.45, 7) is 0.957. The molecule has 0 saturated carbocycles. The number of hydrogen-bond acceptors (Lipinski definition) is 7. The number of aryl methyl sites for hydroxylation is 2. The number of hydrogen-bond donors (Lipinski definition) is 0. The van der Waals surface area contributed by atoms with Gasteiger partial charge in [-0.1, -0.05) is 0 Å². The molecule has 0 N–H and O–H groups in total. The Kier molecular flexibility index (Phi) is 7.10. The third-order valence-corrected chi connectivity index (χ3v) is 5.22. The Morgan fingerprint density at radius 1 is 0.812 bits per heavy atom. The van der Waals surface area contributed by atoms with Crippen LogP contribution in [0.3, 0.4) is 0 Å². The third-order valence-electron chi connectivity index (χ3n) is 5.22. The van der Waals surface area contributed by atoms with Crippen molar-refractivity contribution in [3.05, 3.63) is 42.1 Å². The Morgan fingerprint density at radius 3 is 1.88 bits per heavy atom. The van der Waals surface area contributed by atoms with Crippen LogP contribution >= 0.6 is 0 Å². The summed E-state index contributed by atoms with van der Waals surface area (Å²) in [5.41, 5.74) is 3.63. The van der Waals surface area contributed by atoms with Gasteiger partial charge in [-0.15, -0.1) is 0 Å². The molecule has 2 aromatic carbocycles. The van der Waals surface area contributed by atoms with Gasteiger partial charge >= 0.3 is 0 Å². The predicted molar refractivity (Wildman–Crippen MR) is 120 cm³/mol. The highest BCUT2D eigenvalue weighted by molar-refractivity contribution is 7.84. The lowest BCUT2D eigenvalue weighted by Crippen LogP contribution is -2.35. The van der Waals surface area contributed by atoms with Gasteiger partial charge in [-0.25, -0.2) is 8.42 Å². The van der Waals surface area contributed by atoms with Gasteiger partial charge in [-0.3, -0.25) is 0 Å². The first-order valence-electron chi connectivity index (χ1n) is 9.93. The fourth-order valence-electron chi connectivity index (χ4n) is 3.84. The molecule has 0 radical (unpaired) electrons. The number of pyridine rings is 1. The number of methoxy groups -OCH3 is 4. The zero-order chi connectivity index (χ0) is 23.5. The second kappa shape index (κ2) is 9.62. The molecule has 0 saturated heterocycles. The number of benzene rings is 2. The summed E-state index contributed by atoms with van der Waals surface area (Å²) in [5.74, 6) is 3.00. The minimum atomic E-state index is -3.92. The first-order chi connectivity index (χ1) is 15.2. The minimum Gasteiger partial charge on any atom is -0.748 e. The van der Waals surface area contributed by atoms with E-state index in [1.165, 1.54) is 16.8 Å². The molecule has 32 heavy (non-hydrogen) atoms. The van der Waals surface area contributed by atoms with Crippen LogP contribution < -0.4 is 23.5 Å². The lowest BCUT2D eigenvalue weighted by atomic mass is 9.99. The van der Waals surface area contributed by atoms with Gasteiger partial charge in [0.2, 0.25) is 5.69 Å². The standard InChI is InChI=1S/C22H24NO4.CH4O3S/c1-24-19-9-14-6-5-7-23-13-16-11-21(26-3)20(25-2)10-15(16)8-18(23)17(14)12-22(19)27-4;1-5(2,3)4/h8-13H,5-7H2,1-4H3;1H3,(H,2,3,4)/q+1;/p-1. The SMILES string of the molecule is COc1cc2c(cc1OC)-c1cc3cc(OC)c(OC)cc3c[n+]1CCC2.CS(=O)(=O)[O-]. The van der Waals surface area contributed by atoms with Crippen molar-refractivity contribution >= 4 is 20.9 Å². The second-order valence-electron chi connectivity index (χ2n) is 7.36. The lowest BCUT2D eigenvalue weighted by molar-refractivity contribution is -0.684. The normalized spacial score (nSPS) is 12.6. The van der Waals surface area contributed by atoms with Crippen molar-refractivity contribution in [3.8, 4) is 34.3 Å². The largest absolute Gasteiger partial charge is 0.748 e. The van der Waals surface area contributed by atoms with Gasteiger partial charge in [-0.2, -0.15) is 4.57 Å². The van der Waals surface area contributed by atoms with Gasteiger partial charge in [0, 0.05) is 24.1 Å². The molecule has 1 aliphatic heterocycles. The summed E-state index contributed by atoms with van der Waals surface area (Å²) in [6.07, 6.45) is 4.87. The maximum absolute atomic E-state index is 9.08. The van der Waals surface area contributed by atoms with Gasteiger partial charge in [0.05, 0.1) is 44.1 Å². The fraction of sp³-hybridized carbons (Fsp3) is 0.348. The molecule has 0 unspecified atom stereocenters. The summed E-state index contributed by atoms with van der Waals surface area (Å²) in [5, 5.41) is 2.24.